The Kier molecular flexibility index (Phi) is 10.9. The Morgan fingerprint density at radius 1 is 0.983 bits per heavy atom. The number of anilines is 2. The monoisotopic (exact) mass is 833 g/mol. The molecule has 2 aromatic carbocycles. The number of rotatable bonds is 13. The summed E-state index contributed by atoms with van der Waals surface area (Å²) < 4.78 is 15.9. The first-order valence-corrected chi connectivity index (χ1v) is 21.2. The fraction of sp³-hybridized carbons (Fsp3) is 0.370. The van der Waals surface area contributed by atoms with E-state index in [0.717, 1.165) is 93.1 Å². The molecule has 0 spiro atoms. The molecule has 9 rings (SSSR count). The highest BCUT2D eigenvalue weighted by Crippen LogP contribution is 2.63. The second-order valence-electron chi connectivity index (χ2n) is 16.9. The summed E-state index contributed by atoms with van der Waals surface area (Å²) in [5, 5.41) is 21.3. The van der Waals surface area contributed by atoms with Crippen LogP contribution in [0, 0.1) is 10.8 Å². The minimum atomic E-state index is -0.618. The number of aromatic nitrogens is 3. The zero-order valence-electron chi connectivity index (χ0n) is 32.7. The Labute approximate surface area is 352 Å². The molecule has 2 saturated carbocycles. The number of carboxylic acid groups (broad SMARTS) is 1. The van der Waals surface area contributed by atoms with Crippen molar-refractivity contribution >= 4 is 69.4 Å². The van der Waals surface area contributed by atoms with Crippen LogP contribution >= 0.6 is 23.2 Å². The first-order valence-electron chi connectivity index (χ1n) is 20.5. The smallest absolute Gasteiger partial charge is 0.309 e. The van der Waals surface area contributed by atoms with Crippen LogP contribution in [0.4, 0.5) is 15.9 Å². The summed E-state index contributed by atoms with van der Waals surface area (Å²) in [7, 11) is 0. The van der Waals surface area contributed by atoms with Crippen LogP contribution in [0.15, 0.2) is 73.2 Å². The number of hydrogen-bond donors (Lipinski definition) is 4. The van der Waals surface area contributed by atoms with Gasteiger partial charge in [0.1, 0.15) is 11.3 Å². The average Bonchev–Trinajstić information content (AvgIpc) is 3.96. The summed E-state index contributed by atoms with van der Waals surface area (Å²) in [6.45, 7) is 3.89. The molecule has 0 radical (unpaired) electrons. The summed E-state index contributed by atoms with van der Waals surface area (Å²) in [5.41, 5.74) is 6.29. The van der Waals surface area contributed by atoms with Gasteiger partial charge in [-0.2, -0.15) is 0 Å². The van der Waals surface area contributed by atoms with Gasteiger partial charge in [-0.25, -0.2) is 9.37 Å². The van der Waals surface area contributed by atoms with Crippen LogP contribution < -0.4 is 16.0 Å². The molecule has 1 atom stereocenters. The zero-order valence-corrected chi connectivity index (χ0v) is 34.2. The number of aliphatic carboxylic acids is 1. The molecule has 13 heteroatoms. The summed E-state index contributed by atoms with van der Waals surface area (Å²) in [6.07, 6.45) is 14.5. The lowest BCUT2D eigenvalue weighted by molar-refractivity contribution is -0.148. The van der Waals surface area contributed by atoms with Crippen molar-refractivity contribution < 1.29 is 19.1 Å². The largest absolute Gasteiger partial charge is 0.481 e. The molecule has 4 aliphatic rings. The quantitative estimate of drug-likeness (QED) is 0.0917. The number of carbonyl (C=O) groups excluding carboxylic acids is 1. The maximum atomic E-state index is 15.9. The van der Waals surface area contributed by atoms with Gasteiger partial charge in [-0.1, -0.05) is 53.5 Å². The lowest BCUT2D eigenvalue weighted by Gasteiger charge is -2.33. The van der Waals surface area contributed by atoms with E-state index in [1.54, 1.807) is 18.5 Å². The Morgan fingerprint density at radius 3 is 2.58 bits per heavy atom. The normalized spacial score (nSPS) is 22.8. The molecule has 59 heavy (non-hydrogen) atoms. The van der Waals surface area contributed by atoms with Gasteiger partial charge in [0, 0.05) is 73.7 Å². The Balaban J connectivity index is 0.866. The van der Waals surface area contributed by atoms with Crippen LogP contribution in [-0.4, -0.2) is 62.5 Å². The lowest BCUT2D eigenvalue weighted by atomic mass is 9.80. The van der Waals surface area contributed by atoms with Gasteiger partial charge < -0.3 is 21.1 Å². The molecule has 10 nitrogen and oxygen atoms in total. The highest BCUT2D eigenvalue weighted by Gasteiger charge is 2.57. The Bertz CT molecular complexity index is 2490. The van der Waals surface area contributed by atoms with Gasteiger partial charge in [-0.05, 0) is 116 Å². The van der Waals surface area contributed by atoms with Crippen LogP contribution in [0.1, 0.15) is 79.3 Å². The molecule has 2 aliphatic carbocycles. The molecule has 5 aromatic rings. The maximum Gasteiger partial charge on any atom is 0.309 e. The SMILES string of the molecule is O=C1CCC(CNCc2cnc3c(Nc4cccc(-c5cccc(C=C(F)c6cc7c(cn6)CN(CCC68CCC(C(=O)O)(CC6)C8)CC7)c5Cl)c4Cl)nccc3c2)N1. The van der Waals surface area contributed by atoms with Crippen molar-refractivity contribution in [2.45, 2.75) is 76.9 Å². The third-order valence-corrected chi connectivity index (χ3v) is 14.0. The minimum absolute atomic E-state index is 0.104. The van der Waals surface area contributed by atoms with Gasteiger partial charge in [-0.3, -0.25) is 24.5 Å². The molecule has 5 heterocycles. The molecular formula is C46H46Cl2FN7O3. The number of halogens is 3. The molecule has 4 N–H and O–H groups in total. The summed E-state index contributed by atoms with van der Waals surface area (Å²) >= 11 is 14.0. The summed E-state index contributed by atoms with van der Waals surface area (Å²) in [5.74, 6) is -0.439. The van der Waals surface area contributed by atoms with Gasteiger partial charge in [-0.15, -0.1) is 0 Å². The van der Waals surface area contributed by atoms with E-state index in [-0.39, 0.29) is 23.1 Å². The average molecular weight is 835 g/mol. The van der Waals surface area contributed by atoms with E-state index in [2.05, 4.69) is 36.9 Å². The molecule has 304 valence electrons. The van der Waals surface area contributed by atoms with Crippen LogP contribution in [0.25, 0.3) is 33.9 Å². The number of benzene rings is 2. The van der Waals surface area contributed by atoms with Gasteiger partial charge in [0.2, 0.25) is 5.91 Å². The van der Waals surface area contributed by atoms with Crippen molar-refractivity contribution in [1.82, 2.24) is 30.5 Å². The van der Waals surface area contributed by atoms with Crippen molar-refractivity contribution in [3.05, 3.63) is 111 Å². The highest BCUT2D eigenvalue weighted by molar-refractivity contribution is 6.39. The molecule has 1 unspecified atom stereocenters. The first kappa shape index (κ1) is 39.5. The number of hydrogen-bond acceptors (Lipinski definition) is 8. The zero-order chi connectivity index (χ0) is 40.7. The first-order chi connectivity index (χ1) is 28.6. The number of carbonyl (C=O) groups is 2. The minimum Gasteiger partial charge on any atom is -0.481 e. The number of fused-ring (bicyclic) bond motifs is 4. The van der Waals surface area contributed by atoms with E-state index < -0.39 is 17.2 Å². The van der Waals surface area contributed by atoms with E-state index >= 15 is 4.39 Å². The topological polar surface area (TPSA) is 132 Å². The Morgan fingerprint density at radius 2 is 1.80 bits per heavy atom. The molecule has 3 fully saturated rings. The molecular weight excluding hydrogens is 788 g/mol. The maximum absolute atomic E-state index is 15.9. The van der Waals surface area contributed by atoms with Gasteiger partial charge in [0.25, 0.3) is 0 Å². The van der Waals surface area contributed by atoms with Crippen LogP contribution in [-0.2, 0) is 29.1 Å². The van der Waals surface area contributed by atoms with Crippen molar-refractivity contribution in [2.24, 2.45) is 10.8 Å². The second kappa shape index (κ2) is 16.3. The Hall–Kier alpha value is -4.94. The van der Waals surface area contributed by atoms with Gasteiger partial charge in [0.05, 0.1) is 26.8 Å². The molecule has 2 bridgehead atoms. The van der Waals surface area contributed by atoms with Crippen LogP contribution in [0.2, 0.25) is 10.0 Å². The fourth-order valence-corrected chi connectivity index (χ4v) is 10.3. The highest BCUT2D eigenvalue weighted by atomic mass is 35.5. The molecule has 1 saturated heterocycles. The number of nitrogens with zero attached hydrogens (tertiary/aromatic N) is 4. The van der Waals surface area contributed by atoms with Crippen LogP contribution in [0.3, 0.4) is 0 Å². The third kappa shape index (κ3) is 8.05. The van der Waals surface area contributed by atoms with Crippen molar-refractivity contribution in [2.75, 3.05) is 25.0 Å². The van der Waals surface area contributed by atoms with Crippen LogP contribution in [0.5, 0.6) is 0 Å². The van der Waals surface area contributed by atoms with E-state index in [9.17, 15) is 14.7 Å². The number of nitrogens with one attached hydrogen (secondary N) is 3. The number of amides is 1. The number of carboxylic acids is 1. The summed E-state index contributed by atoms with van der Waals surface area (Å²) in [4.78, 5) is 39.7. The predicted molar refractivity (Wildman–Crippen MR) is 230 cm³/mol. The predicted octanol–water partition coefficient (Wildman–Crippen LogP) is 9.36. The van der Waals surface area contributed by atoms with E-state index in [4.69, 9.17) is 28.2 Å². The van der Waals surface area contributed by atoms with E-state index in [0.29, 0.717) is 63.3 Å². The third-order valence-electron chi connectivity index (χ3n) is 13.1. The second-order valence-corrected chi connectivity index (χ2v) is 17.6. The number of pyridine rings is 3. The van der Waals surface area contributed by atoms with Crippen molar-refractivity contribution in [1.29, 1.82) is 0 Å². The van der Waals surface area contributed by atoms with E-state index in [1.165, 1.54) is 6.08 Å². The van der Waals surface area contributed by atoms with Crippen molar-refractivity contribution in [3.8, 4) is 11.1 Å². The molecule has 2 aliphatic heterocycles. The van der Waals surface area contributed by atoms with E-state index in [1.807, 2.05) is 48.7 Å². The lowest BCUT2D eigenvalue weighted by Crippen LogP contribution is -2.35. The molecule has 3 aromatic heterocycles. The fourth-order valence-electron chi connectivity index (χ4n) is 9.73. The molecule has 1 amide bonds. The standard InChI is InChI=1S/C46H46Cl2FN7O3/c47-40-30(20-36(49)38-21-29-10-17-56(26-32(29)24-52-38)18-15-45-11-13-46(27-45,14-12-45)44(58)59)3-1-4-34(40)35-5-2-6-37(41(35)48)55-43-42-31(9-16-51-43)19-28(23-53-42)22-50-25-33-7-8-39(57)54-33/h1-6,9,16,19-21,23-24,33,50H,7-8,10-15,17-18,22,25-27H2,(H,51,55)(H,54,57)(H,58,59). The summed E-state index contributed by atoms with van der Waals surface area (Å²) in [6, 6.07) is 17.1. The van der Waals surface area contributed by atoms with Crippen molar-refractivity contribution in [3.63, 3.8) is 0 Å². The van der Waals surface area contributed by atoms with Gasteiger partial charge >= 0.3 is 5.97 Å². The van der Waals surface area contributed by atoms with Gasteiger partial charge in [0.15, 0.2) is 5.82 Å².